The van der Waals surface area contributed by atoms with Crippen LogP contribution in [0.25, 0.3) is 22.0 Å². The van der Waals surface area contributed by atoms with E-state index in [1.165, 1.54) is 6.07 Å². The molecule has 0 bridgehead atoms. The Labute approximate surface area is 333 Å². The van der Waals surface area contributed by atoms with Crippen LogP contribution in [0.1, 0.15) is 43.2 Å². The van der Waals surface area contributed by atoms with Crippen LogP contribution in [0.15, 0.2) is 108 Å². The number of hydrogen-bond donors (Lipinski definition) is 5. The fourth-order valence-corrected chi connectivity index (χ4v) is 7.12. The van der Waals surface area contributed by atoms with Crippen molar-refractivity contribution in [3.8, 4) is 16.9 Å². The molecule has 6 rings (SSSR count). The number of fused-ring (bicyclic) bond motifs is 1. The number of likely N-dealkylation sites (tertiary alicyclic amines) is 1. The Kier molecular flexibility index (Phi) is 14.5. The highest BCUT2D eigenvalue weighted by atomic mass is 16.6. The first-order chi connectivity index (χ1) is 27.7. The molecule has 5 aromatic rings. The molecule has 0 radical (unpaired) electrons. The van der Waals surface area contributed by atoms with Gasteiger partial charge >= 0.3 is 6.09 Å². The van der Waals surface area contributed by atoms with E-state index in [0.717, 1.165) is 72.3 Å². The highest BCUT2D eigenvalue weighted by molar-refractivity contribution is 5.92. The number of hydrogen-bond acceptors (Lipinski definition) is 8. The van der Waals surface area contributed by atoms with E-state index in [2.05, 4.69) is 25.8 Å². The Balaban J connectivity index is 0.810. The minimum Gasteiger partial charge on any atom is -0.506 e. The fraction of sp³-hybridized carbons (Fsp3) is 0.333. The Morgan fingerprint density at radius 3 is 2.37 bits per heavy atom. The van der Waals surface area contributed by atoms with Crippen molar-refractivity contribution in [2.45, 2.75) is 51.0 Å². The van der Waals surface area contributed by atoms with E-state index in [1.54, 1.807) is 24.1 Å². The average Bonchev–Trinajstić information content (AvgIpc) is 3.22. The molecule has 0 saturated carbocycles. The van der Waals surface area contributed by atoms with Crippen molar-refractivity contribution in [2.75, 3.05) is 56.9 Å². The molecule has 57 heavy (non-hydrogen) atoms. The van der Waals surface area contributed by atoms with Crippen molar-refractivity contribution in [2.24, 2.45) is 0 Å². The standard InChI is InChI=1S/C45H52N6O6/c1-50(43(55)25-31-51-29-23-36(24-30-51)57-45(56)48-39-11-6-5-10-37(39)33-8-3-2-4-9-33)28-7-12-41(53)47-35-16-13-32(14-17-35)21-26-46-27-22-34-15-19-40(52)44-38(34)18-20-42(54)49-44/h2-6,8-11,13-20,36,46,52H,7,12,21-31H2,1H3,(H,47,53)(H,48,56)(H,49,54). The smallest absolute Gasteiger partial charge is 0.411 e. The van der Waals surface area contributed by atoms with Gasteiger partial charge in [0.2, 0.25) is 17.4 Å². The molecule has 3 amide bonds. The van der Waals surface area contributed by atoms with Crippen LogP contribution in [0.2, 0.25) is 0 Å². The monoisotopic (exact) mass is 772 g/mol. The number of rotatable bonds is 17. The topological polar surface area (TPSA) is 156 Å². The molecule has 12 nitrogen and oxygen atoms in total. The first kappa shape index (κ1) is 40.7. The predicted octanol–water partition coefficient (Wildman–Crippen LogP) is 6.56. The van der Waals surface area contributed by atoms with Crippen molar-refractivity contribution >= 4 is 40.2 Å². The summed E-state index contributed by atoms with van der Waals surface area (Å²) >= 11 is 0. The van der Waals surface area contributed by atoms with Crippen LogP contribution < -0.4 is 21.5 Å². The van der Waals surface area contributed by atoms with Crippen molar-refractivity contribution < 1.29 is 24.2 Å². The van der Waals surface area contributed by atoms with E-state index >= 15 is 0 Å². The quantitative estimate of drug-likeness (QED) is 0.0667. The molecule has 1 aliphatic heterocycles. The Hall–Kier alpha value is -5.98. The number of para-hydroxylation sites is 1. The van der Waals surface area contributed by atoms with E-state index < -0.39 is 6.09 Å². The summed E-state index contributed by atoms with van der Waals surface area (Å²) in [5.41, 5.74) is 5.81. The molecule has 0 atom stereocenters. The van der Waals surface area contributed by atoms with E-state index in [-0.39, 0.29) is 29.2 Å². The minimum atomic E-state index is -0.461. The Morgan fingerprint density at radius 2 is 1.58 bits per heavy atom. The van der Waals surface area contributed by atoms with Crippen LogP contribution in [0.4, 0.5) is 16.2 Å². The van der Waals surface area contributed by atoms with Gasteiger partial charge in [-0.05, 0) is 92.2 Å². The normalized spacial score (nSPS) is 13.3. The minimum absolute atomic E-state index is 0.0433. The summed E-state index contributed by atoms with van der Waals surface area (Å²) in [6.45, 7) is 4.17. The summed E-state index contributed by atoms with van der Waals surface area (Å²) in [5.74, 6) is 0.0191. The number of aromatic amines is 1. The van der Waals surface area contributed by atoms with Gasteiger partial charge in [0.15, 0.2) is 0 Å². The number of phenolic OH excluding ortho intramolecular Hbond substituents is 1. The van der Waals surface area contributed by atoms with Crippen LogP contribution in [-0.2, 0) is 27.2 Å². The van der Waals surface area contributed by atoms with E-state index in [4.69, 9.17) is 4.74 Å². The lowest BCUT2D eigenvalue weighted by Crippen LogP contribution is -2.40. The van der Waals surface area contributed by atoms with Gasteiger partial charge in [-0.3, -0.25) is 19.7 Å². The van der Waals surface area contributed by atoms with Gasteiger partial charge in [0.05, 0.1) is 11.2 Å². The van der Waals surface area contributed by atoms with Gasteiger partial charge in [0, 0.05) is 68.8 Å². The Morgan fingerprint density at radius 1 is 0.842 bits per heavy atom. The zero-order valence-corrected chi connectivity index (χ0v) is 32.5. The van der Waals surface area contributed by atoms with Gasteiger partial charge in [-0.1, -0.05) is 66.7 Å². The second kappa shape index (κ2) is 20.3. The number of H-pyrrole nitrogens is 1. The number of amides is 3. The summed E-state index contributed by atoms with van der Waals surface area (Å²) in [6, 6.07) is 32.1. The number of carbonyl (C=O) groups is 3. The molecule has 0 spiro atoms. The Bertz CT molecular complexity index is 2170. The van der Waals surface area contributed by atoms with Crippen LogP contribution in [-0.4, -0.2) is 90.2 Å². The number of benzene rings is 4. The molecule has 12 heteroatoms. The van der Waals surface area contributed by atoms with Gasteiger partial charge in [-0.25, -0.2) is 4.79 Å². The molecule has 298 valence electrons. The number of anilines is 2. The molecular formula is C45H52N6O6. The number of aromatic hydroxyl groups is 1. The first-order valence-electron chi connectivity index (χ1n) is 19.7. The zero-order chi connectivity index (χ0) is 40.0. The molecule has 4 aromatic carbocycles. The fourth-order valence-electron chi connectivity index (χ4n) is 7.12. The van der Waals surface area contributed by atoms with Gasteiger partial charge in [0.1, 0.15) is 11.9 Å². The largest absolute Gasteiger partial charge is 0.506 e. The molecule has 1 saturated heterocycles. The molecule has 1 aromatic heterocycles. The molecule has 2 heterocycles. The van der Waals surface area contributed by atoms with Crippen molar-refractivity contribution in [1.82, 2.24) is 20.1 Å². The SMILES string of the molecule is CN(CCCC(=O)Nc1ccc(CCNCCc2ccc(O)c3[nH]c(=O)ccc23)cc1)C(=O)CCN1CCC(OC(=O)Nc2ccccc2-c2ccccc2)CC1. The summed E-state index contributed by atoms with van der Waals surface area (Å²) in [5, 5.41) is 20.2. The number of aromatic nitrogens is 1. The van der Waals surface area contributed by atoms with E-state index in [1.807, 2.05) is 84.9 Å². The maximum absolute atomic E-state index is 12.8. The lowest BCUT2D eigenvalue weighted by atomic mass is 10.0. The number of nitrogens with one attached hydrogen (secondary N) is 4. The van der Waals surface area contributed by atoms with Gasteiger partial charge in [0.25, 0.3) is 0 Å². The average molecular weight is 773 g/mol. The lowest BCUT2D eigenvalue weighted by molar-refractivity contribution is -0.130. The highest BCUT2D eigenvalue weighted by Gasteiger charge is 2.23. The zero-order valence-electron chi connectivity index (χ0n) is 32.5. The predicted molar refractivity (Wildman–Crippen MR) is 225 cm³/mol. The maximum Gasteiger partial charge on any atom is 0.411 e. The first-order valence-corrected chi connectivity index (χ1v) is 19.7. The van der Waals surface area contributed by atoms with Crippen molar-refractivity contribution in [3.05, 3.63) is 125 Å². The number of nitrogens with zero attached hydrogens (tertiary/aromatic N) is 2. The maximum atomic E-state index is 12.8. The summed E-state index contributed by atoms with van der Waals surface area (Å²) < 4.78 is 5.75. The summed E-state index contributed by atoms with van der Waals surface area (Å²) in [4.78, 5) is 56.5. The van der Waals surface area contributed by atoms with Crippen molar-refractivity contribution in [3.63, 3.8) is 0 Å². The molecule has 0 unspecified atom stereocenters. The number of phenols is 1. The van der Waals surface area contributed by atoms with Crippen LogP contribution in [0, 0.1) is 0 Å². The number of carbonyl (C=O) groups excluding carboxylic acids is 3. The van der Waals surface area contributed by atoms with E-state index in [9.17, 15) is 24.3 Å². The second-order valence-corrected chi connectivity index (χ2v) is 14.5. The third-order valence-electron chi connectivity index (χ3n) is 10.4. The molecule has 5 N–H and O–H groups in total. The molecule has 1 fully saturated rings. The molecular weight excluding hydrogens is 721 g/mol. The highest BCUT2D eigenvalue weighted by Crippen LogP contribution is 2.28. The van der Waals surface area contributed by atoms with Crippen LogP contribution in [0.5, 0.6) is 5.75 Å². The van der Waals surface area contributed by atoms with Crippen LogP contribution >= 0.6 is 0 Å². The van der Waals surface area contributed by atoms with Gasteiger partial charge < -0.3 is 35.3 Å². The molecule has 1 aliphatic rings. The summed E-state index contributed by atoms with van der Waals surface area (Å²) in [6.07, 6.45) is 3.63. The lowest BCUT2D eigenvalue weighted by Gasteiger charge is -2.31. The third-order valence-corrected chi connectivity index (χ3v) is 10.4. The number of ether oxygens (including phenoxy) is 1. The summed E-state index contributed by atoms with van der Waals surface area (Å²) in [7, 11) is 1.78. The second-order valence-electron chi connectivity index (χ2n) is 14.5. The molecule has 0 aliphatic carbocycles. The van der Waals surface area contributed by atoms with Gasteiger partial charge in [-0.15, -0.1) is 0 Å². The third kappa shape index (κ3) is 12.0. The number of piperidine rings is 1. The number of pyridine rings is 1. The van der Waals surface area contributed by atoms with Gasteiger partial charge in [-0.2, -0.15) is 0 Å². The van der Waals surface area contributed by atoms with Crippen LogP contribution in [0.3, 0.4) is 0 Å². The van der Waals surface area contributed by atoms with Crippen molar-refractivity contribution in [1.29, 1.82) is 0 Å². The van der Waals surface area contributed by atoms with E-state index in [0.29, 0.717) is 56.4 Å².